The molecule has 1 aromatic rings. The molecular weight excluding hydrogens is 240 g/mol. The third-order valence-corrected chi connectivity index (χ3v) is 4.71. The zero-order valence-corrected chi connectivity index (χ0v) is 12.7. The zero-order chi connectivity index (χ0) is 14.2. The molecule has 0 nitrogen and oxygen atoms in total. The fourth-order valence-electron chi connectivity index (χ4n) is 3.37. The molecule has 1 aliphatic carbocycles. The van der Waals surface area contributed by atoms with Crippen molar-refractivity contribution in [3.8, 4) is 0 Å². The summed E-state index contributed by atoms with van der Waals surface area (Å²) in [5.41, 5.74) is 2.86. The molecule has 1 aromatic carbocycles. The summed E-state index contributed by atoms with van der Waals surface area (Å²) in [5, 5.41) is 0. The van der Waals surface area contributed by atoms with E-state index in [1.807, 2.05) is 6.08 Å². The number of rotatable bonds is 7. The molecule has 0 radical (unpaired) electrons. The minimum absolute atomic E-state index is 0.918. The van der Waals surface area contributed by atoms with Crippen LogP contribution < -0.4 is 0 Å². The smallest absolute Gasteiger partial charge is 0.0100 e. The Bertz CT molecular complexity index is 404. The molecule has 20 heavy (non-hydrogen) atoms. The monoisotopic (exact) mass is 268 g/mol. The number of hydrogen-bond donors (Lipinski definition) is 0. The molecule has 0 atom stereocenters. The van der Waals surface area contributed by atoms with Crippen LogP contribution in [0.1, 0.15) is 49.7 Å². The van der Waals surface area contributed by atoms with Crippen molar-refractivity contribution < 1.29 is 0 Å². The Kier molecular flexibility index (Phi) is 6.11. The lowest BCUT2D eigenvalue weighted by molar-refractivity contribution is 0.265. The lowest BCUT2D eigenvalue weighted by Crippen LogP contribution is -2.14. The molecule has 108 valence electrons. The van der Waals surface area contributed by atoms with E-state index in [9.17, 15) is 0 Å². The Balaban J connectivity index is 1.72. The van der Waals surface area contributed by atoms with Gasteiger partial charge in [0.05, 0.1) is 0 Å². The van der Waals surface area contributed by atoms with Crippen molar-refractivity contribution in [1.29, 1.82) is 0 Å². The van der Waals surface area contributed by atoms with Gasteiger partial charge in [-0.3, -0.25) is 0 Å². The first kappa shape index (κ1) is 15.1. The first-order chi connectivity index (χ1) is 9.81. The molecule has 0 saturated heterocycles. The van der Waals surface area contributed by atoms with Crippen LogP contribution in [0.15, 0.2) is 49.6 Å². The van der Waals surface area contributed by atoms with Gasteiger partial charge < -0.3 is 0 Å². The fraction of sp³-hybridized carbons (Fsp3) is 0.500. The van der Waals surface area contributed by atoms with Gasteiger partial charge in [0.15, 0.2) is 0 Å². The molecule has 0 amide bonds. The van der Waals surface area contributed by atoms with E-state index in [4.69, 9.17) is 0 Å². The summed E-state index contributed by atoms with van der Waals surface area (Å²) < 4.78 is 0. The minimum Gasteiger partial charge on any atom is -0.103 e. The molecule has 0 spiro atoms. The Morgan fingerprint density at radius 1 is 0.850 bits per heavy atom. The van der Waals surface area contributed by atoms with Crippen LogP contribution in [0, 0.1) is 11.8 Å². The van der Waals surface area contributed by atoms with E-state index in [2.05, 4.69) is 43.5 Å². The minimum atomic E-state index is 0.918. The van der Waals surface area contributed by atoms with Crippen molar-refractivity contribution in [3.05, 3.63) is 60.7 Å². The SMILES string of the molecule is C=CCc1ccc(CC[C@H]2CC[C@H](CC=C)CC2)cc1. The van der Waals surface area contributed by atoms with E-state index in [1.54, 1.807) is 0 Å². The van der Waals surface area contributed by atoms with Gasteiger partial charge in [0.25, 0.3) is 0 Å². The van der Waals surface area contributed by atoms with Gasteiger partial charge in [0.1, 0.15) is 0 Å². The predicted octanol–water partition coefficient (Wildman–Crippen LogP) is 5.73. The van der Waals surface area contributed by atoms with E-state index in [-0.39, 0.29) is 0 Å². The largest absolute Gasteiger partial charge is 0.103 e. The molecule has 1 aliphatic rings. The molecule has 1 fully saturated rings. The number of hydrogen-bond acceptors (Lipinski definition) is 0. The maximum absolute atomic E-state index is 3.86. The molecule has 0 N–H and O–H groups in total. The Morgan fingerprint density at radius 2 is 1.45 bits per heavy atom. The third-order valence-electron chi connectivity index (χ3n) is 4.71. The van der Waals surface area contributed by atoms with E-state index in [1.165, 1.54) is 56.1 Å². The normalized spacial score (nSPS) is 22.4. The molecule has 0 unspecified atom stereocenters. The van der Waals surface area contributed by atoms with Crippen LogP contribution in [-0.2, 0) is 12.8 Å². The summed E-state index contributed by atoms with van der Waals surface area (Å²) >= 11 is 0. The van der Waals surface area contributed by atoms with Crippen molar-refractivity contribution in [2.75, 3.05) is 0 Å². The molecule has 0 aromatic heterocycles. The molecule has 1 saturated carbocycles. The number of aryl methyl sites for hydroxylation is 1. The van der Waals surface area contributed by atoms with Gasteiger partial charge in [0, 0.05) is 0 Å². The van der Waals surface area contributed by atoms with E-state index in [0.717, 1.165) is 18.3 Å². The second-order valence-electron chi connectivity index (χ2n) is 6.26. The maximum Gasteiger partial charge on any atom is -0.0100 e. The molecular formula is C20H28. The lowest BCUT2D eigenvalue weighted by atomic mass is 9.78. The first-order valence-corrected chi connectivity index (χ1v) is 8.11. The van der Waals surface area contributed by atoms with Crippen LogP contribution in [0.4, 0.5) is 0 Å². The van der Waals surface area contributed by atoms with Crippen LogP contribution in [-0.4, -0.2) is 0 Å². The molecule has 0 bridgehead atoms. The lowest BCUT2D eigenvalue weighted by Gasteiger charge is -2.27. The van der Waals surface area contributed by atoms with Gasteiger partial charge in [-0.25, -0.2) is 0 Å². The van der Waals surface area contributed by atoms with Crippen molar-refractivity contribution >= 4 is 0 Å². The van der Waals surface area contributed by atoms with Crippen molar-refractivity contribution in [3.63, 3.8) is 0 Å². The summed E-state index contributed by atoms with van der Waals surface area (Å²) in [4.78, 5) is 0. The van der Waals surface area contributed by atoms with Crippen molar-refractivity contribution in [1.82, 2.24) is 0 Å². The zero-order valence-electron chi connectivity index (χ0n) is 12.7. The standard InChI is InChI=1S/C20H28/c1-3-5-17-7-11-19(12-8-17)15-16-20-13-9-18(6-4-2)10-14-20/h3-4,7-8,11-12,18,20H,1-2,5-6,9-10,13-16H2/t18-,20-. The van der Waals surface area contributed by atoms with Gasteiger partial charge >= 0.3 is 0 Å². The van der Waals surface area contributed by atoms with Crippen LogP contribution >= 0.6 is 0 Å². The second-order valence-corrected chi connectivity index (χ2v) is 6.26. The summed E-state index contributed by atoms with van der Waals surface area (Å²) in [7, 11) is 0. The van der Waals surface area contributed by atoms with E-state index >= 15 is 0 Å². The summed E-state index contributed by atoms with van der Waals surface area (Å²) in [6.45, 7) is 7.65. The van der Waals surface area contributed by atoms with Crippen molar-refractivity contribution in [2.45, 2.75) is 51.4 Å². The highest BCUT2D eigenvalue weighted by Crippen LogP contribution is 2.33. The van der Waals surface area contributed by atoms with Crippen LogP contribution in [0.2, 0.25) is 0 Å². The highest BCUT2D eigenvalue weighted by Gasteiger charge is 2.19. The molecule has 2 rings (SSSR count). The van der Waals surface area contributed by atoms with Gasteiger partial charge in [-0.1, -0.05) is 49.3 Å². The second kappa shape index (κ2) is 8.09. The molecule has 0 heteroatoms. The number of allylic oxidation sites excluding steroid dienone is 2. The van der Waals surface area contributed by atoms with Crippen LogP contribution in [0.25, 0.3) is 0 Å². The summed E-state index contributed by atoms with van der Waals surface area (Å²) in [6, 6.07) is 9.08. The molecule has 0 heterocycles. The van der Waals surface area contributed by atoms with Gasteiger partial charge in [0.2, 0.25) is 0 Å². The average Bonchev–Trinajstić information content (AvgIpc) is 2.49. The van der Waals surface area contributed by atoms with Crippen LogP contribution in [0.3, 0.4) is 0 Å². The van der Waals surface area contributed by atoms with Gasteiger partial charge in [-0.15, -0.1) is 13.2 Å². The first-order valence-electron chi connectivity index (χ1n) is 8.11. The van der Waals surface area contributed by atoms with E-state index in [0.29, 0.717) is 0 Å². The fourth-order valence-corrected chi connectivity index (χ4v) is 3.37. The average molecular weight is 268 g/mol. The Morgan fingerprint density at radius 3 is 2.05 bits per heavy atom. The quantitative estimate of drug-likeness (QED) is 0.554. The highest BCUT2D eigenvalue weighted by molar-refractivity contribution is 5.24. The van der Waals surface area contributed by atoms with Gasteiger partial charge in [-0.05, 0) is 61.5 Å². The third kappa shape index (κ3) is 4.67. The van der Waals surface area contributed by atoms with Crippen molar-refractivity contribution in [2.24, 2.45) is 11.8 Å². The van der Waals surface area contributed by atoms with Crippen LogP contribution in [0.5, 0.6) is 0 Å². The van der Waals surface area contributed by atoms with E-state index < -0.39 is 0 Å². The Hall–Kier alpha value is -1.30. The Labute approximate surface area is 124 Å². The summed E-state index contributed by atoms with van der Waals surface area (Å²) in [5.74, 6) is 1.87. The highest BCUT2D eigenvalue weighted by atomic mass is 14.2. The maximum atomic E-state index is 3.86. The van der Waals surface area contributed by atoms with Gasteiger partial charge in [-0.2, -0.15) is 0 Å². The predicted molar refractivity (Wildman–Crippen MR) is 88.9 cm³/mol. The molecule has 0 aliphatic heterocycles. The summed E-state index contributed by atoms with van der Waals surface area (Å²) in [6.07, 6.45) is 14.5. The number of benzene rings is 1. The topological polar surface area (TPSA) is 0 Å².